The number of benzene rings is 2. The fraction of sp³-hybridized carbons (Fsp3) is 0.407. The normalized spacial score (nSPS) is 17.3. The highest BCUT2D eigenvalue weighted by Gasteiger charge is 2.52. The summed E-state index contributed by atoms with van der Waals surface area (Å²) < 4.78 is 26.5. The van der Waals surface area contributed by atoms with Gasteiger partial charge in [-0.1, -0.05) is 35.9 Å². The number of aryl methyl sites for hydroxylation is 1. The summed E-state index contributed by atoms with van der Waals surface area (Å²) in [5.41, 5.74) is 2.06. The number of halogens is 1. The van der Waals surface area contributed by atoms with Gasteiger partial charge in [-0.25, -0.2) is 13.9 Å². The highest BCUT2D eigenvalue weighted by atomic mass is 35.5. The maximum atomic E-state index is 13.4. The van der Waals surface area contributed by atoms with Crippen molar-refractivity contribution in [2.75, 3.05) is 18.7 Å². The van der Waals surface area contributed by atoms with Gasteiger partial charge < -0.3 is 14.8 Å². The van der Waals surface area contributed by atoms with Crippen molar-refractivity contribution in [3.05, 3.63) is 69.2 Å². The largest absolute Gasteiger partial charge is 0.454 e. The van der Waals surface area contributed by atoms with Gasteiger partial charge in [0.15, 0.2) is 16.6 Å². The topological polar surface area (TPSA) is 89.6 Å². The van der Waals surface area contributed by atoms with Gasteiger partial charge in [-0.05, 0) is 69.9 Å². The van der Waals surface area contributed by atoms with Crippen LogP contribution >= 0.6 is 22.9 Å². The molecule has 0 unspecified atom stereocenters. The zero-order chi connectivity index (χ0) is 26.4. The molecule has 2 atom stereocenters. The van der Waals surface area contributed by atoms with Gasteiger partial charge in [-0.2, -0.15) is 0 Å². The number of ether oxygens (including phenoxy) is 2. The number of fused-ring (bicyclic) bond motifs is 1. The Bertz CT molecular complexity index is 1360. The smallest absolute Gasteiger partial charge is 0.236 e. The number of nitrogens with zero attached hydrogens (tertiary/aromatic N) is 1. The number of carbonyl (C=O) groups excluding carboxylic acids is 1. The molecule has 0 saturated heterocycles. The molecule has 0 radical (unpaired) electrons. The average molecular weight is 560 g/mol. The summed E-state index contributed by atoms with van der Waals surface area (Å²) in [6.45, 7) is 8.34. The van der Waals surface area contributed by atoms with Gasteiger partial charge in [-0.15, -0.1) is 11.3 Å². The number of rotatable bonds is 8. The van der Waals surface area contributed by atoms with Gasteiger partial charge in [0, 0.05) is 22.4 Å². The van der Waals surface area contributed by atoms with Crippen LogP contribution in [0.2, 0.25) is 5.02 Å². The number of aromatic nitrogens is 1. The van der Waals surface area contributed by atoms with E-state index in [-0.39, 0.29) is 18.6 Å². The average Bonchev–Trinajstić information content (AvgIpc) is 3.40. The van der Waals surface area contributed by atoms with Crippen LogP contribution in [0.15, 0.2) is 42.5 Å². The van der Waals surface area contributed by atoms with Gasteiger partial charge in [-0.3, -0.25) is 4.79 Å². The zero-order valence-corrected chi connectivity index (χ0v) is 23.6. The van der Waals surface area contributed by atoms with Crippen molar-refractivity contribution in [3.8, 4) is 11.5 Å². The molecule has 2 heterocycles. The number of thiazole rings is 1. The first-order valence-electron chi connectivity index (χ1n) is 12.2. The Hall–Kier alpha value is -2.46. The van der Waals surface area contributed by atoms with E-state index in [0.717, 1.165) is 34.5 Å². The van der Waals surface area contributed by atoms with E-state index in [2.05, 4.69) is 10.0 Å². The maximum Gasteiger partial charge on any atom is 0.236 e. The zero-order valence-electron chi connectivity index (χ0n) is 21.2. The quantitative estimate of drug-likeness (QED) is 0.370. The molecule has 7 nitrogen and oxygen atoms in total. The fourth-order valence-corrected chi connectivity index (χ4v) is 6.54. The number of nitrogens with one attached hydrogen (secondary N) is 2. The molecule has 3 aromatic rings. The fourth-order valence-electron chi connectivity index (χ4n) is 4.44. The highest BCUT2D eigenvalue weighted by molar-refractivity contribution is 7.84. The van der Waals surface area contributed by atoms with Crippen LogP contribution in [0.3, 0.4) is 0 Å². The van der Waals surface area contributed by atoms with Gasteiger partial charge >= 0.3 is 0 Å². The molecule has 1 aromatic heterocycles. The molecule has 0 bridgehead atoms. The lowest BCUT2D eigenvalue weighted by Gasteiger charge is -2.22. The molecular formula is C27H30ClN3O4S2. The predicted octanol–water partition coefficient (Wildman–Crippen LogP) is 5.69. The van der Waals surface area contributed by atoms with E-state index >= 15 is 0 Å². The summed E-state index contributed by atoms with van der Waals surface area (Å²) in [5.74, 6) is 1.12. The number of amides is 1. The van der Waals surface area contributed by atoms with Gasteiger partial charge in [0.05, 0.1) is 26.8 Å². The first-order chi connectivity index (χ1) is 17.6. The molecule has 196 valence electrons. The van der Waals surface area contributed by atoms with Gasteiger partial charge in [0.25, 0.3) is 0 Å². The molecule has 1 aliphatic heterocycles. The SMILES string of the molecule is Cc1nc(NC(=O)C2(c3ccc4c(c3)OCO4)CC2)sc1[C@H](CN[S@@](=O)C(C)(C)C)c1ccccc1Cl. The van der Waals surface area contributed by atoms with Gasteiger partial charge in [0.1, 0.15) is 0 Å². The van der Waals surface area contributed by atoms with Crippen molar-refractivity contribution in [2.45, 2.75) is 56.6 Å². The summed E-state index contributed by atoms with van der Waals surface area (Å²) in [7, 11) is -1.24. The van der Waals surface area contributed by atoms with Crippen LogP contribution in [0.4, 0.5) is 5.13 Å². The monoisotopic (exact) mass is 559 g/mol. The Morgan fingerprint density at radius 2 is 1.92 bits per heavy atom. The summed E-state index contributed by atoms with van der Waals surface area (Å²) in [6.07, 6.45) is 1.53. The minimum atomic E-state index is -1.24. The van der Waals surface area contributed by atoms with E-state index in [9.17, 15) is 9.00 Å². The van der Waals surface area contributed by atoms with E-state index in [1.54, 1.807) is 0 Å². The maximum absolute atomic E-state index is 13.4. The molecule has 37 heavy (non-hydrogen) atoms. The minimum absolute atomic E-state index is 0.0760. The molecule has 0 spiro atoms. The Kier molecular flexibility index (Phi) is 7.08. The number of hydrogen-bond acceptors (Lipinski definition) is 6. The van der Waals surface area contributed by atoms with Crippen LogP contribution < -0.4 is 19.5 Å². The summed E-state index contributed by atoms with van der Waals surface area (Å²) >= 11 is 8.02. The predicted molar refractivity (Wildman–Crippen MR) is 148 cm³/mol. The highest BCUT2D eigenvalue weighted by Crippen LogP contribution is 2.51. The standard InChI is InChI=1S/C27H30ClN3O4S2/c1-16-23(19(14-29-37(33)26(2,3)4)18-7-5-6-8-20(18)28)36-25(30-16)31-24(32)27(11-12-27)17-9-10-21-22(13-17)35-15-34-21/h5-10,13,19,29H,11-12,14-15H2,1-4H3,(H,30,31,32)/t19-,37+/m1/s1. The Balaban J connectivity index is 1.39. The lowest BCUT2D eigenvalue weighted by atomic mass is 9.94. The molecule has 10 heteroatoms. The van der Waals surface area contributed by atoms with Crippen molar-refractivity contribution in [1.29, 1.82) is 0 Å². The number of anilines is 1. The first kappa shape index (κ1) is 26.2. The van der Waals surface area contributed by atoms with Crippen molar-refractivity contribution in [2.24, 2.45) is 0 Å². The molecule has 1 amide bonds. The van der Waals surface area contributed by atoms with Crippen LogP contribution in [0.1, 0.15) is 61.2 Å². The second-order valence-electron chi connectivity index (χ2n) is 10.4. The third-order valence-electron chi connectivity index (χ3n) is 6.73. The van der Waals surface area contributed by atoms with E-state index in [1.807, 2.05) is 70.2 Å². The van der Waals surface area contributed by atoms with Crippen LogP contribution in [0.25, 0.3) is 0 Å². The van der Waals surface area contributed by atoms with E-state index < -0.39 is 21.1 Å². The van der Waals surface area contributed by atoms with E-state index in [0.29, 0.717) is 28.2 Å². The second-order valence-corrected chi connectivity index (χ2v) is 13.9. The van der Waals surface area contributed by atoms with Crippen molar-refractivity contribution in [1.82, 2.24) is 9.71 Å². The Morgan fingerprint density at radius 3 is 2.62 bits per heavy atom. The van der Waals surface area contributed by atoms with Crippen molar-refractivity contribution >= 4 is 45.0 Å². The molecular weight excluding hydrogens is 530 g/mol. The third-order valence-corrected chi connectivity index (χ3v) is 9.81. The Morgan fingerprint density at radius 1 is 1.19 bits per heavy atom. The number of carbonyl (C=O) groups is 1. The summed E-state index contributed by atoms with van der Waals surface area (Å²) in [4.78, 5) is 19.1. The third kappa shape index (κ3) is 5.27. The molecule has 2 aromatic carbocycles. The van der Waals surface area contributed by atoms with Gasteiger partial charge in [0.2, 0.25) is 12.7 Å². The molecule has 1 fully saturated rings. The van der Waals surface area contributed by atoms with E-state index in [4.69, 9.17) is 26.1 Å². The van der Waals surface area contributed by atoms with Crippen LogP contribution in [-0.2, 0) is 21.2 Å². The first-order valence-corrected chi connectivity index (χ1v) is 14.5. The molecule has 5 rings (SSSR count). The summed E-state index contributed by atoms with van der Waals surface area (Å²) in [6, 6.07) is 13.4. The van der Waals surface area contributed by atoms with Crippen LogP contribution in [0.5, 0.6) is 11.5 Å². The Labute approximate surface area is 228 Å². The molecule has 2 aliphatic rings. The molecule has 1 saturated carbocycles. The van der Waals surface area contributed by atoms with Crippen LogP contribution in [0, 0.1) is 6.92 Å². The lowest BCUT2D eigenvalue weighted by Crippen LogP contribution is -2.35. The molecule has 2 N–H and O–H groups in total. The second kappa shape index (κ2) is 10.0. The number of hydrogen-bond donors (Lipinski definition) is 2. The van der Waals surface area contributed by atoms with E-state index in [1.165, 1.54) is 11.3 Å². The summed E-state index contributed by atoms with van der Waals surface area (Å²) in [5, 5.41) is 4.24. The van der Waals surface area contributed by atoms with Crippen LogP contribution in [-0.4, -0.2) is 33.2 Å². The van der Waals surface area contributed by atoms with Crippen molar-refractivity contribution in [3.63, 3.8) is 0 Å². The van der Waals surface area contributed by atoms with Crippen molar-refractivity contribution < 1.29 is 18.5 Å². The molecule has 1 aliphatic carbocycles. The minimum Gasteiger partial charge on any atom is -0.454 e. The lowest BCUT2D eigenvalue weighted by molar-refractivity contribution is -0.118.